The van der Waals surface area contributed by atoms with Crippen LogP contribution in [0.5, 0.6) is 0 Å². The van der Waals surface area contributed by atoms with Gasteiger partial charge in [-0.2, -0.15) is 4.98 Å². The average Bonchev–Trinajstić information content (AvgIpc) is 2.87. The molecule has 0 aromatic carbocycles. The molecule has 1 aliphatic carbocycles. The molecule has 1 fully saturated rings. The van der Waals surface area contributed by atoms with Crippen LogP contribution in [0.2, 0.25) is 0 Å². The van der Waals surface area contributed by atoms with Gasteiger partial charge in [-0.25, -0.2) is 0 Å². The lowest BCUT2D eigenvalue weighted by Gasteiger charge is -2.33. The minimum Gasteiger partial charge on any atom is -0.337 e. The minimum absolute atomic E-state index is 0.380. The lowest BCUT2D eigenvalue weighted by Crippen LogP contribution is -2.40. The molecule has 0 atom stereocenters. The van der Waals surface area contributed by atoms with Gasteiger partial charge in [0.05, 0.1) is 5.54 Å². The van der Waals surface area contributed by atoms with E-state index in [-0.39, 0.29) is 5.54 Å². The van der Waals surface area contributed by atoms with Crippen LogP contribution in [0.4, 0.5) is 0 Å². The van der Waals surface area contributed by atoms with Crippen molar-refractivity contribution in [1.82, 2.24) is 10.1 Å². The molecule has 0 saturated heterocycles. The molecule has 19 heavy (non-hydrogen) atoms. The molecule has 108 valence electrons. The van der Waals surface area contributed by atoms with Gasteiger partial charge in [0.15, 0.2) is 5.82 Å². The van der Waals surface area contributed by atoms with Gasteiger partial charge in [-0.3, -0.25) is 0 Å². The maximum absolute atomic E-state index is 6.47. The van der Waals surface area contributed by atoms with Crippen molar-refractivity contribution in [1.29, 1.82) is 0 Å². The molecule has 0 radical (unpaired) electrons. The third kappa shape index (κ3) is 3.56. The molecule has 1 aromatic rings. The first-order chi connectivity index (χ1) is 9.03. The highest BCUT2D eigenvalue weighted by atomic mass is 16.5. The fourth-order valence-corrected chi connectivity index (χ4v) is 2.79. The predicted molar refractivity (Wildman–Crippen MR) is 75.6 cm³/mol. The summed E-state index contributed by atoms with van der Waals surface area (Å²) < 4.78 is 5.42. The Bertz CT molecular complexity index is 392. The van der Waals surface area contributed by atoms with E-state index in [0.717, 1.165) is 37.4 Å². The lowest BCUT2D eigenvalue weighted by atomic mass is 9.76. The van der Waals surface area contributed by atoms with Crippen LogP contribution in [0.25, 0.3) is 0 Å². The van der Waals surface area contributed by atoms with Crippen LogP contribution in [0.3, 0.4) is 0 Å². The van der Waals surface area contributed by atoms with E-state index in [0.29, 0.717) is 11.8 Å². The second-order valence-corrected chi connectivity index (χ2v) is 6.46. The van der Waals surface area contributed by atoms with Crippen LogP contribution in [0, 0.1) is 11.8 Å². The Morgan fingerprint density at radius 2 is 2.05 bits per heavy atom. The van der Waals surface area contributed by atoms with Gasteiger partial charge in [-0.15, -0.1) is 0 Å². The van der Waals surface area contributed by atoms with E-state index in [1.165, 1.54) is 19.3 Å². The molecule has 0 spiro atoms. The fraction of sp³-hybridized carbons (Fsp3) is 0.867. The maximum Gasteiger partial charge on any atom is 0.246 e. The van der Waals surface area contributed by atoms with E-state index < -0.39 is 0 Å². The van der Waals surface area contributed by atoms with E-state index in [1.807, 2.05) is 0 Å². The first-order valence-electron chi connectivity index (χ1n) is 7.65. The number of nitrogens with zero attached hydrogens (tertiary/aromatic N) is 2. The zero-order valence-electron chi connectivity index (χ0n) is 12.5. The normalized spacial score (nSPS) is 27.9. The van der Waals surface area contributed by atoms with Crippen molar-refractivity contribution in [3.63, 3.8) is 0 Å². The van der Waals surface area contributed by atoms with Crippen molar-refractivity contribution in [2.45, 2.75) is 71.3 Å². The number of nitrogens with two attached hydrogens (primary N) is 1. The van der Waals surface area contributed by atoms with E-state index >= 15 is 0 Å². The molecule has 4 heteroatoms. The Hall–Kier alpha value is -0.900. The third-order valence-electron chi connectivity index (χ3n) is 4.41. The highest BCUT2D eigenvalue weighted by molar-refractivity contribution is 5.04. The number of hydrogen-bond acceptors (Lipinski definition) is 4. The van der Waals surface area contributed by atoms with E-state index in [2.05, 4.69) is 30.9 Å². The second kappa shape index (κ2) is 6.04. The van der Waals surface area contributed by atoms with E-state index in [4.69, 9.17) is 10.3 Å². The minimum atomic E-state index is -0.380. The molecule has 1 aromatic heterocycles. The molecular weight excluding hydrogens is 238 g/mol. The molecule has 0 aliphatic heterocycles. The highest BCUT2D eigenvalue weighted by Gasteiger charge is 2.37. The summed E-state index contributed by atoms with van der Waals surface area (Å²) in [4.78, 5) is 4.53. The van der Waals surface area contributed by atoms with Gasteiger partial charge in [-0.05, 0) is 43.9 Å². The van der Waals surface area contributed by atoms with Crippen molar-refractivity contribution in [3.05, 3.63) is 11.7 Å². The van der Waals surface area contributed by atoms with Crippen LogP contribution in [-0.4, -0.2) is 10.1 Å². The molecule has 0 unspecified atom stereocenters. The zero-order chi connectivity index (χ0) is 13.9. The van der Waals surface area contributed by atoms with Crippen LogP contribution in [0.1, 0.15) is 71.0 Å². The van der Waals surface area contributed by atoms with Gasteiger partial charge >= 0.3 is 0 Å². The number of hydrogen-bond donors (Lipinski definition) is 1. The van der Waals surface area contributed by atoms with Crippen molar-refractivity contribution in [2.75, 3.05) is 0 Å². The van der Waals surface area contributed by atoms with Gasteiger partial charge in [0.1, 0.15) is 0 Å². The second-order valence-electron chi connectivity index (χ2n) is 6.46. The molecule has 1 saturated carbocycles. The van der Waals surface area contributed by atoms with Crippen molar-refractivity contribution in [3.8, 4) is 0 Å². The molecular formula is C15H27N3O. The summed E-state index contributed by atoms with van der Waals surface area (Å²) >= 11 is 0. The smallest absolute Gasteiger partial charge is 0.246 e. The highest BCUT2D eigenvalue weighted by Crippen LogP contribution is 2.37. The molecule has 2 rings (SSSR count). The number of aromatic nitrogens is 2. The van der Waals surface area contributed by atoms with Gasteiger partial charge < -0.3 is 10.3 Å². The van der Waals surface area contributed by atoms with Crippen molar-refractivity contribution >= 4 is 0 Å². The van der Waals surface area contributed by atoms with E-state index in [9.17, 15) is 0 Å². The third-order valence-corrected chi connectivity index (χ3v) is 4.41. The Balaban J connectivity index is 1.97. The summed E-state index contributed by atoms with van der Waals surface area (Å²) in [6.07, 6.45) is 7.52. The average molecular weight is 265 g/mol. The Morgan fingerprint density at radius 3 is 2.63 bits per heavy atom. The SMILES string of the molecule is CCC1CCC(N)(c2nc(CCC(C)C)no2)CC1. The molecule has 1 heterocycles. The molecule has 2 N–H and O–H groups in total. The molecule has 1 aliphatic rings. The quantitative estimate of drug-likeness (QED) is 0.886. The van der Waals surface area contributed by atoms with Crippen LogP contribution in [0.15, 0.2) is 4.52 Å². The van der Waals surface area contributed by atoms with Gasteiger partial charge in [0, 0.05) is 6.42 Å². The topological polar surface area (TPSA) is 64.9 Å². The summed E-state index contributed by atoms with van der Waals surface area (Å²) in [6.45, 7) is 6.67. The summed E-state index contributed by atoms with van der Waals surface area (Å²) in [5.41, 5.74) is 6.09. The summed E-state index contributed by atoms with van der Waals surface area (Å²) in [6, 6.07) is 0. The van der Waals surface area contributed by atoms with Gasteiger partial charge in [-0.1, -0.05) is 32.3 Å². The summed E-state index contributed by atoms with van der Waals surface area (Å²) in [7, 11) is 0. The standard InChI is InChI=1S/C15H27N3O/c1-4-12-7-9-15(16,10-8-12)14-17-13(18-19-14)6-5-11(2)3/h11-12H,4-10,16H2,1-3H3. The fourth-order valence-electron chi connectivity index (χ4n) is 2.79. The Kier molecular flexibility index (Phi) is 4.61. The number of aryl methyl sites for hydroxylation is 1. The van der Waals surface area contributed by atoms with Crippen LogP contribution < -0.4 is 5.73 Å². The molecule has 0 amide bonds. The van der Waals surface area contributed by atoms with Gasteiger partial charge in [0.25, 0.3) is 0 Å². The number of rotatable bonds is 5. The Labute approximate surface area is 116 Å². The largest absolute Gasteiger partial charge is 0.337 e. The van der Waals surface area contributed by atoms with Crippen LogP contribution >= 0.6 is 0 Å². The zero-order valence-corrected chi connectivity index (χ0v) is 12.5. The van der Waals surface area contributed by atoms with Crippen LogP contribution in [-0.2, 0) is 12.0 Å². The summed E-state index contributed by atoms with van der Waals surface area (Å²) in [5, 5.41) is 4.08. The summed E-state index contributed by atoms with van der Waals surface area (Å²) in [5.74, 6) is 2.95. The van der Waals surface area contributed by atoms with Gasteiger partial charge in [0.2, 0.25) is 5.89 Å². The predicted octanol–water partition coefficient (Wildman–Crippen LogP) is 3.41. The lowest BCUT2D eigenvalue weighted by molar-refractivity contribution is 0.181. The molecule has 0 bridgehead atoms. The maximum atomic E-state index is 6.47. The monoisotopic (exact) mass is 265 g/mol. The molecule has 4 nitrogen and oxygen atoms in total. The Morgan fingerprint density at radius 1 is 1.37 bits per heavy atom. The van der Waals surface area contributed by atoms with Crippen molar-refractivity contribution < 1.29 is 4.52 Å². The first-order valence-corrected chi connectivity index (χ1v) is 7.65. The van der Waals surface area contributed by atoms with E-state index in [1.54, 1.807) is 0 Å². The first kappa shape index (κ1) is 14.5. The van der Waals surface area contributed by atoms with Crippen molar-refractivity contribution in [2.24, 2.45) is 17.6 Å².